The summed E-state index contributed by atoms with van der Waals surface area (Å²) in [6, 6.07) is 6.46. The summed E-state index contributed by atoms with van der Waals surface area (Å²) in [4.78, 5) is 13.4. The minimum absolute atomic E-state index is 0.0891. The largest absolute Gasteiger partial charge is 0.387 e. The number of nitrogens with zero attached hydrogens (tertiary/aromatic N) is 2. The van der Waals surface area contributed by atoms with Gasteiger partial charge in [0.15, 0.2) is 0 Å². The molecule has 0 aromatic heterocycles. The van der Waals surface area contributed by atoms with Crippen molar-refractivity contribution >= 4 is 23.2 Å². The summed E-state index contributed by atoms with van der Waals surface area (Å²) in [5.74, 6) is -0.145. The summed E-state index contributed by atoms with van der Waals surface area (Å²) < 4.78 is 0. The van der Waals surface area contributed by atoms with E-state index in [1.165, 1.54) is 4.90 Å². The van der Waals surface area contributed by atoms with E-state index >= 15 is 0 Å². The van der Waals surface area contributed by atoms with E-state index in [9.17, 15) is 9.90 Å². The molecule has 1 aromatic carbocycles. The van der Waals surface area contributed by atoms with Crippen molar-refractivity contribution in [3.8, 4) is 6.07 Å². The second-order valence-corrected chi connectivity index (χ2v) is 5.16. The van der Waals surface area contributed by atoms with E-state index in [4.69, 9.17) is 16.9 Å². The number of rotatable bonds is 1. The van der Waals surface area contributed by atoms with Gasteiger partial charge in [-0.1, -0.05) is 11.6 Å². The average molecular weight is 265 g/mol. The molecule has 1 saturated heterocycles. The third-order valence-electron chi connectivity index (χ3n) is 3.42. The highest BCUT2D eigenvalue weighted by Crippen LogP contribution is 2.35. The van der Waals surface area contributed by atoms with E-state index in [0.29, 0.717) is 16.3 Å². The van der Waals surface area contributed by atoms with Crippen LogP contribution in [-0.2, 0) is 4.79 Å². The molecule has 94 valence electrons. The molecule has 1 aromatic rings. The van der Waals surface area contributed by atoms with Crippen LogP contribution >= 0.6 is 11.6 Å². The van der Waals surface area contributed by atoms with Crippen molar-refractivity contribution in [3.05, 3.63) is 28.8 Å². The first-order valence-electron chi connectivity index (χ1n) is 5.61. The predicted molar refractivity (Wildman–Crippen MR) is 68.4 cm³/mol. The molecule has 1 aliphatic rings. The Hall–Kier alpha value is -1.57. The molecule has 1 amide bonds. The third-order valence-corrected chi connectivity index (χ3v) is 3.73. The van der Waals surface area contributed by atoms with Gasteiger partial charge in [-0.15, -0.1) is 0 Å². The van der Waals surface area contributed by atoms with Gasteiger partial charge in [0.1, 0.15) is 6.07 Å². The number of nitriles is 1. The topological polar surface area (TPSA) is 64.3 Å². The Morgan fingerprint density at radius 1 is 1.61 bits per heavy atom. The number of aliphatic hydroxyl groups is 1. The monoisotopic (exact) mass is 264 g/mol. The summed E-state index contributed by atoms with van der Waals surface area (Å²) in [6.07, 6.45) is 0.0891. The number of hydrogen-bond acceptors (Lipinski definition) is 3. The van der Waals surface area contributed by atoms with Gasteiger partial charge < -0.3 is 10.0 Å². The highest BCUT2D eigenvalue weighted by molar-refractivity contribution is 6.32. The summed E-state index contributed by atoms with van der Waals surface area (Å²) in [6.45, 7) is 3.43. The van der Waals surface area contributed by atoms with Crippen LogP contribution in [0.2, 0.25) is 5.02 Å². The molecule has 0 spiro atoms. The maximum absolute atomic E-state index is 11.9. The fourth-order valence-electron chi connectivity index (χ4n) is 2.15. The fraction of sp³-hybridized carbons (Fsp3) is 0.385. The summed E-state index contributed by atoms with van der Waals surface area (Å²) in [5, 5.41) is 19.2. The van der Waals surface area contributed by atoms with Crippen molar-refractivity contribution in [1.29, 1.82) is 5.26 Å². The van der Waals surface area contributed by atoms with Crippen LogP contribution in [0.3, 0.4) is 0 Å². The van der Waals surface area contributed by atoms with Gasteiger partial charge in [-0.3, -0.25) is 4.79 Å². The Kier molecular flexibility index (Phi) is 3.05. The van der Waals surface area contributed by atoms with Crippen LogP contribution in [0.4, 0.5) is 5.69 Å². The number of carbonyl (C=O) groups excluding carboxylic acids is 1. The normalized spacial score (nSPS) is 27.4. The summed E-state index contributed by atoms with van der Waals surface area (Å²) in [7, 11) is 0. The van der Waals surface area contributed by atoms with Crippen molar-refractivity contribution in [2.75, 3.05) is 4.90 Å². The fourth-order valence-corrected chi connectivity index (χ4v) is 2.36. The van der Waals surface area contributed by atoms with Gasteiger partial charge in [0, 0.05) is 5.69 Å². The lowest BCUT2D eigenvalue weighted by Crippen LogP contribution is -2.40. The minimum atomic E-state index is -1.04. The van der Waals surface area contributed by atoms with E-state index < -0.39 is 5.60 Å². The Bertz CT molecular complexity index is 548. The second kappa shape index (κ2) is 4.27. The molecule has 1 N–H and O–H groups in total. The predicted octanol–water partition coefficient (Wildman–Crippen LogP) is 2.09. The van der Waals surface area contributed by atoms with Crippen molar-refractivity contribution in [3.63, 3.8) is 0 Å². The zero-order valence-electron chi connectivity index (χ0n) is 10.1. The molecule has 1 aliphatic heterocycles. The SMILES string of the molecule is CC1N(c2ccc(C#N)c(Cl)c2)C(=O)CC1(C)O. The average Bonchev–Trinajstić information content (AvgIpc) is 2.48. The van der Waals surface area contributed by atoms with Crippen LogP contribution in [0, 0.1) is 11.3 Å². The number of carbonyl (C=O) groups is 1. The van der Waals surface area contributed by atoms with Crippen molar-refractivity contribution in [2.24, 2.45) is 0 Å². The van der Waals surface area contributed by atoms with Gasteiger partial charge in [0.2, 0.25) is 5.91 Å². The molecule has 1 fully saturated rings. The van der Waals surface area contributed by atoms with Crippen molar-refractivity contribution < 1.29 is 9.90 Å². The van der Waals surface area contributed by atoms with E-state index in [-0.39, 0.29) is 18.4 Å². The molecular weight excluding hydrogens is 252 g/mol. The molecule has 0 bridgehead atoms. The molecule has 0 saturated carbocycles. The number of halogens is 1. The third kappa shape index (κ3) is 1.96. The molecule has 2 rings (SSSR count). The standard InChI is InChI=1S/C13H13ClN2O2/c1-8-13(2,18)6-12(17)16(8)10-4-3-9(7-15)11(14)5-10/h3-5,8,18H,6H2,1-2H3. The Morgan fingerprint density at radius 2 is 2.28 bits per heavy atom. The first-order chi connectivity index (χ1) is 8.36. The smallest absolute Gasteiger partial charge is 0.230 e. The lowest BCUT2D eigenvalue weighted by Gasteiger charge is -2.28. The zero-order chi connectivity index (χ0) is 13.5. The van der Waals surface area contributed by atoms with Gasteiger partial charge in [-0.25, -0.2) is 0 Å². The van der Waals surface area contributed by atoms with Gasteiger partial charge >= 0.3 is 0 Å². The molecule has 4 nitrogen and oxygen atoms in total. The van der Waals surface area contributed by atoms with Crippen molar-refractivity contribution in [2.45, 2.75) is 31.9 Å². The lowest BCUT2D eigenvalue weighted by atomic mass is 9.98. The Balaban J connectivity index is 2.42. The number of amides is 1. The van der Waals surface area contributed by atoms with E-state index in [1.807, 2.05) is 6.07 Å². The highest BCUT2D eigenvalue weighted by Gasteiger charge is 2.45. The van der Waals surface area contributed by atoms with Crippen molar-refractivity contribution in [1.82, 2.24) is 0 Å². The minimum Gasteiger partial charge on any atom is -0.387 e. The molecule has 0 radical (unpaired) electrons. The van der Waals surface area contributed by atoms with Gasteiger partial charge in [0.25, 0.3) is 0 Å². The Labute approximate surface area is 110 Å². The summed E-state index contributed by atoms with van der Waals surface area (Å²) >= 11 is 5.95. The van der Waals surface area contributed by atoms with Crippen LogP contribution in [0.1, 0.15) is 25.8 Å². The van der Waals surface area contributed by atoms with Crippen LogP contribution in [0.25, 0.3) is 0 Å². The number of hydrogen-bond donors (Lipinski definition) is 1. The van der Waals surface area contributed by atoms with Crippen LogP contribution in [-0.4, -0.2) is 22.7 Å². The van der Waals surface area contributed by atoms with Gasteiger partial charge in [-0.2, -0.15) is 5.26 Å². The summed E-state index contributed by atoms with van der Waals surface area (Å²) in [5.41, 5.74) is -0.0713. The van der Waals surface area contributed by atoms with Crippen LogP contribution in [0.15, 0.2) is 18.2 Å². The van der Waals surface area contributed by atoms with E-state index in [0.717, 1.165) is 0 Å². The lowest BCUT2D eigenvalue weighted by molar-refractivity contribution is -0.118. The van der Waals surface area contributed by atoms with Gasteiger partial charge in [-0.05, 0) is 32.0 Å². The highest BCUT2D eigenvalue weighted by atomic mass is 35.5. The molecule has 0 aliphatic carbocycles. The molecule has 18 heavy (non-hydrogen) atoms. The molecule has 5 heteroatoms. The molecular formula is C13H13ClN2O2. The number of benzene rings is 1. The van der Waals surface area contributed by atoms with E-state index in [2.05, 4.69) is 0 Å². The molecule has 2 atom stereocenters. The Morgan fingerprint density at radius 3 is 2.72 bits per heavy atom. The second-order valence-electron chi connectivity index (χ2n) is 4.75. The quantitative estimate of drug-likeness (QED) is 0.845. The zero-order valence-corrected chi connectivity index (χ0v) is 10.9. The number of anilines is 1. The van der Waals surface area contributed by atoms with Gasteiger partial charge in [0.05, 0.1) is 28.6 Å². The molecule has 1 heterocycles. The first-order valence-corrected chi connectivity index (χ1v) is 5.98. The molecule has 2 unspecified atom stereocenters. The van der Waals surface area contributed by atoms with E-state index in [1.54, 1.807) is 32.0 Å². The van der Waals surface area contributed by atoms with Crippen LogP contribution in [0.5, 0.6) is 0 Å². The van der Waals surface area contributed by atoms with Crippen LogP contribution < -0.4 is 4.90 Å². The first kappa shape index (κ1) is 12.9. The maximum Gasteiger partial charge on any atom is 0.230 e. The maximum atomic E-state index is 11.9.